The van der Waals surface area contributed by atoms with Crippen LogP contribution in [-0.2, 0) is 13.6 Å². The SMILES string of the molecule is Cn1cc(-c2cc(CN3CCC(Oc4ccccc4)C3)on2)cn1. The van der Waals surface area contributed by atoms with Gasteiger partial charge in [0, 0.05) is 38.0 Å². The molecule has 1 aromatic carbocycles. The van der Waals surface area contributed by atoms with Crippen LogP contribution in [0.3, 0.4) is 0 Å². The second kappa shape index (κ2) is 6.49. The standard InChI is InChI=1S/C18H20N4O2/c1-21-11-14(10-19-21)18-9-17(24-20-18)13-22-8-7-16(12-22)23-15-5-3-2-4-6-15/h2-6,9-11,16H,7-8,12-13H2,1H3. The third kappa shape index (κ3) is 3.33. The van der Waals surface area contributed by atoms with E-state index in [2.05, 4.69) is 15.2 Å². The fourth-order valence-corrected chi connectivity index (χ4v) is 3.03. The Labute approximate surface area is 140 Å². The number of ether oxygens (including phenoxy) is 1. The largest absolute Gasteiger partial charge is 0.489 e. The highest BCUT2D eigenvalue weighted by Gasteiger charge is 2.25. The van der Waals surface area contributed by atoms with Gasteiger partial charge in [0.15, 0.2) is 5.76 Å². The molecule has 0 amide bonds. The summed E-state index contributed by atoms with van der Waals surface area (Å²) in [5.41, 5.74) is 1.80. The molecule has 1 aliphatic rings. The fourth-order valence-electron chi connectivity index (χ4n) is 3.03. The average Bonchev–Trinajstić information content (AvgIpc) is 3.31. The van der Waals surface area contributed by atoms with Crippen LogP contribution in [-0.4, -0.2) is 39.0 Å². The van der Waals surface area contributed by atoms with Gasteiger partial charge in [0.05, 0.1) is 12.7 Å². The van der Waals surface area contributed by atoms with E-state index in [9.17, 15) is 0 Å². The van der Waals surface area contributed by atoms with Gasteiger partial charge in [0.1, 0.15) is 17.5 Å². The van der Waals surface area contributed by atoms with E-state index in [-0.39, 0.29) is 6.10 Å². The maximum absolute atomic E-state index is 6.02. The molecule has 4 rings (SSSR count). The highest BCUT2D eigenvalue weighted by molar-refractivity contribution is 5.56. The summed E-state index contributed by atoms with van der Waals surface area (Å²) in [5.74, 6) is 1.80. The van der Waals surface area contributed by atoms with Crippen LogP contribution >= 0.6 is 0 Å². The molecule has 1 saturated heterocycles. The summed E-state index contributed by atoms with van der Waals surface area (Å²) in [5, 5.41) is 8.31. The molecule has 6 nitrogen and oxygen atoms in total. The van der Waals surface area contributed by atoms with Crippen LogP contribution in [0.4, 0.5) is 0 Å². The van der Waals surface area contributed by atoms with Crippen molar-refractivity contribution in [3.63, 3.8) is 0 Å². The Balaban J connectivity index is 1.34. The molecule has 0 N–H and O–H groups in total. The third-order valence-corrected chi connectivity index (χ3v) is 4.21. The minimum absolute atomic E-state index is 0.230. The monoisotopic (exact) mass is 324 g/mol. The Bertz CT molecular complexity index is 796. The fraction of sp³-hybridized carbons (Fsp3) is 0.333. The molecule has 1 aliphatic heterocycles. The second-order valence-electron chi connectivity index (χ2n) is 6.16. The molecular weight excluding hydrogens is 304 g/mol. The minimum atomic E-state index is 0.230. The van der Waals surface area contributed by atoms with Crippen molar-refractivity contribution in [1.82, 2.24) is 19.8 Å². The second-order valence-corrected chi connectivity index (χ2v) is 6.16. The first-order chi connectivity index (χ1) is 11.8. The Kier molecular flexibility index (Phi) is 4.04. The molecule has 0 saturated carbocycles. The number of aryl methyl sites for hydroxylation is 1. The normalized spacial score (nSPS) is 18.1. The van der Waals surface area contributed by atoms with Gasteiger partial charge in [-0.3, -0.25) is 9.58 Å². The van der Waals surface area contributed by atoms with Crippen LogP contribution in [0.5, 0.6) is 5.75 Å². The number of aromatic nitrogens is 3. The van der Waals surface area contributed by atoms with E-state index in [4.69, 9.17) is 9.26 Å². The zero-order valence-electron chi connectivity index (χ0n) is 13.6. The lowest BCUT2D eigenvalue weighted by atomic mass is 10.2. The quantitative estimate of drug-likeness (QED) is 0.722. The highest BCUT2D eigenvalue weighted by atomic mass is 16.5. The van der Waals surface area contributed by atoms with Gasteiger partial charge in [-0.2, -0.15) is 5.10 Å². The van der Waals surface area contributed by atoms with Crippen LogP contribution in [0.2, 0.25) is 0 Å². The predicted octanol–water partition coefficient (Wildman–Crippen LogP) is 2.73. The number of hydrogen-bond donors (Lipinski definition) is 0. The van der Waals surface area contributed by atoms with Crippen molar-refractivity contribution in [1.29, 1.82) is 0 Å². The third-order valence-electron chi connectivity index (χ3n) is 4.21. The van der Waals surface area contributed by atoms with Crippen LogP contribution in [0, 0.1) is 0 Å². The number of rotatable bonds is 5. The predicted molar refractivity (Wildman–Crippen MR) is 89.5 cm³/mol. The first kappa shape index (κ1) is 15.0. The average molecular weight is 324 g/mol. The number of para-hydroxylation sites is 1. The lowest BCUT2D eigenvalue weighted by Crippen LogP contribution is -2.24. The van der Waals surface area contributed by atoms with Crippen molar-refractivity contribution in [2.45, 2.75) is 19.1 Å². The summed E-state index contributed by atoms with van der Waals surface area (Å²) in [6, 6.07) is 12.0. The van der Waals surface area contributed by atoms with Gasteiger partial charge in [-0.15, -0.1) is 0 Å². The number of likely N-dealkylation sites (tertiary alicyclic amines) is 1. The molecule has 3 heterocycles. The Morgan fingerprint density at radius 1 is 1.29 bits per heavy atom. The molecule has 0 bridgehead atoms. The Morgan fingerprint density at radius 2 is 2.17 bits per heavy atom. The molecule has 0 spiro atoms. The van der Waals surface area contributed by atoms with Crippen molar-refractivity contribution in [2.75, 3.05) is 13.1 Å². The zero-order valence-corrected chi connectivity index (χ0v) is 13.6. The lowest BCUT2D eigenvalue weighted by Gasteiger charge is -2.15. The van der Waals surface area contributed by atoms with Gasteiger partial charge in [0.25, 0.3) is 0 Å². The Hall–Kier alpha value is -2.60. The highest BCUT2D eigenvalue weighted by Crippen LogP contribution is 2.22. The van der Waals surface area contributed by atoms with E-state index in [0.717, 1.165) is 48.8 Å². The molecule has 2 aromatic heterocycles. The van der Waals surface area contributed by atoms with Crippen molar-refractivity contribution >= 4 is 0 Å². The summed E-state index contributed by atoms with van der Waals surface area (Å²) in [6.45, 7) is 2.65. The first-order valence-electron chi connectivity index (χ1n) is 8.15. The van der Waals surface area contributed by atoms with Crippen LogP contribution in [0.1, 0.15) is 12.2 Å². The van der Waals surface area contributed by atoms with E-state index < -0.39 is 0 Å². The van der Waals surface area contributed by atoms with Crippen molar-refractivity contribution in [2.24, 2.45) is 7.05 Å². The van der Waals surface area contributed by atoms with Crippen molar-refractivity contribution < 1.29 is 9.26 Å². The van der Waals surface area contributed by atoms with E-state index >= 15 is 0 Å². The molecule has 0 aliphatic carbocycles. The zero-order chi connectivity index (χ0) is 16.4. The van der Waals surface area contributed by atoms with Gasteiger partial charge in [-0.1, -0.05) is 23.4 Å². The van der Waals surface area contributed by atoms with Gasteiger partial charge >= 0.3 is 0 Å². The lowest BCUT2D eigenvalue weighted by molar-refractivity contribution is 0.192. The molecule has 124 valence electrons. The maximum Gasteiger partial charge on any atom is 0.151 e. The van der Waals surface area contributed by atoms with E-state index in [1.54, 1.807) is 10.9 Å². The van der Waals surface area contributed by atoms with Gasteiger partial charge in [-0.25, -0.2) is 0 Å². The molecule has 24 heavy (non-hydrogen) atoms. The molecule has 1 atom stereocenters. The van der Waals surface area contributed by atoms with Crippen LogP contribution in [0.25, 0.3) is 11.3 Å². The van der Waals surface area contributed by atoms with Gasteiger partial charge < -0.3 is 9.26 Å². The number of benzene rings is 1. The summed E-state index contributed by atoms with van der Waals surface area (Å²) >= 11 is 0. The first-order valence-corrected chi connectivity index (χ1v) is 8.15. The van der Waals surface area contributed by atoms with Crippen LogP contribution < -0.4 is 4.74 Å². The minimum Gasteiger partial charge on any atom is -0.489 e. The van der Waals surface area contributed by atoms with E-state index in [0.29, 0.717) is 0 Å². The smallest absolute Gasteiger partial charge is 0.151 e. The molecule has 1 fully saturated rings. The number of nitrogens with zero attached hydrogens (tertiary/aromatic N) is 4. The van der Waals surface area contributed by atoms with Crippen molar-refractivity contribution in [3.05, 3.63) is 54.6 Å². The van der Waals surface area contributed by atoms with E-state index in [1.807, 2.05) is 49.6 Å². The van der Waals surface area contributed by atoms with E-state index in [1.165, 1.54) is 0 Å². The maximum atomic E-state index is 6.02. The van der Waals surface area contributed by atoms with Crippen molar-refractivity contribution in [3.8, 4) is 17.0 Å². The summed E-state index contributed by atoms with van der Waals surface area (Å²) in [4.78, 5) is 2.33. The molecule has 0 radical (unpaired) electrons. The molecule has 6 heteroatoms. The molecular formula is C18H20N4O2. The topological polar surface area (TPSA) is 56.3 Å². The number of hydrogen-bond acceptors (Lipinski definition) is 5. The van der Waals surface area contributed by atoms with Gasteiger partial charge in [0.2, 0.25) is 0 Å². The summed E-state index contributed by atoms with van der Waals surface area (Å²) in [6.07, 6.45) is 4.98. The molecule has 1 unspecified atom stereocenters. The van der Waals surface area contributed by atoms with Crippen LogP contribution in [0.15, 0.2) is 53.3 Å². The summed E-state index contributed by atoms with van der Waals surface area (Å²) in [7, 11) is 1.89. The molecule has 3 aromatic rings. The van der Waals surface area contributed by atoms with Gasteiger partial charge in [-0.05, 0) is 18.6 Å². The summed E-state index contributed by atoms with van der Waals surface area (Å²) < 4.78 is 13.3. The Morgan fingerprint density at radius 3 is 2.96 bits per heavy atom.